The SMILES string of the molecule is C=C(C)Nc1cc(C(=O)NCCCCCCCCCNC(=O)c2ccc(C=O)c(CN(C)C(C)CCC(=C)NC=O)c2)cc2c1CNC2=O.CCC.Fc1ccc(Cl)cc1. The van der Waals surface area contributed by atoms with Gasteiger partial charge in [0.2, 0.25) is 6.41 Å². The summed E-state index contributed by atoms with van der Waals surface area (Å²) in [7, 11) is 1.97. The number of hydrogen-bond donors (Lipinski definition) is 5. The summed E-state index contributed by atoms with van der Waals surface area (Å²) in [6, 6.07) is 14.4. The Kier molecular flexibility index (Phi) is 23.9. The fraction of sp³-hybridized carbons (Fsp3) is 0.426. The van der Waals surface area contributed by atoms with Crippen molar-refractivity contribution in [1.29, 1.82) is 0 Å². The summed E-state index contributed by atoms with van der Waals surface area (Å²) >= 11 is 5.44. The van der Waals surface area contributed by atoms with Crippen molar-refractivity contribution in [3.05, 3.63) is 123 Å². The van der Waals surface area contributed by atoms with Crippen molar-refractivity contribution in [2.75, 3.05) is 25.5 Å². The number of halogens is 2. The molecule has 4 rings (SSSR count). The molecule has 11 nitrogen and oxygen atoms in total. The van der Waals surface area contributed by atoms with Crippen LogP contribution in [-0.4, -0.2) is 61.5 Å². The van der Waals surface area contributed by atoms with Gasteiger partial charge in [-0.05, 0) is 101 Å². The molecule has 4 amide bonds. The maximum Gasteiger partial charge on any atom is 0.251 e. The summed E-state index contributed by atoms with van der Waals surface area (Å²) in [4.78, 5) is 62.2. The maximum atomic E-state index is 12.8. The molecule has 0 saturated carbocycles. The predicted molar refractivity (Wildman–Crippen MR) is 241 cm³/mol. The maximum absolute atomic E-state index is 12.8. The number of carbonyl (C=O) groups excluding carboxylic acids is 5. The number of benzene rings is 3. The highest BCUT2D eigenvalue weighted by atomic mass is 35.5. The van der Waals surface area contributed by atoms with Crippen LogP contribution < -0.4 is 26.6 Å². The van der Waals surface area contributed by atoms with E-state index in [4.69, 9.17) is 11.6 Å². The van der Waals surface area contributed by atoms with Crippen LogP contribution in [0.1, 0.15) is 144 Å². The molecular formula is C47H64ClFN6O5. The number of nitrogens with one attached hydrogen (secondary N) is 5. The average molecular weight is 848 g/mol. The van der Waals surface area contributed by atoms with Gasteiger partial charge in [0.15, 0.2) is 0 Å². The Morgan fingerprint density at radius 3 is 2.03 bits per heavy atom. The van der Waals surface area contributed by atoms with E-state index in [0.29, 0.717) is 72.0 Å². The normalized spacial score (nSPS) is 11.7. The number of carbonyl (C=O) groups is 5. The quantitative estimate of drug-likeness (QED) is 0.0472. The summed E-state index contributed by atoms with van der Waals surface area (Å²) in [5, 5.41) is 15.1. The third-order valence-corrected chi connectivity index (χ3v) is 9.84. The highest BCUT2D eigenvalue weighted by Gasteiger charge is 2.24. The van der Waals surface area contributed by atoms with Gasteiger partial charge in [-0.3, -0.25) is 28.9 Å². The zero-order valence-electron chi connectivity index (χ0n) is 36.0. The van der Waals surface area contributed by atoms with Crippen LogP contribution in [0.3, 0.4) is 0 Å². The summed E-state index contributed by atoms with van der Waals surface area (Å²) in [5.74, 6) is -0.781. The lowest BCUT2D eigenvalue weighted by molar-refractivity contribution is -0.109. The monoisotopic (exact) mass is 846 g/mol. The van der Waals surface area contributed by atoms with Crippen molar-refractivity contribution < 1.29 is 28.4 Å². The van der Waals surface area contributed by atoms with Gasteiger partial charge in [0.05, 0.1) is 0 Å². The number of unbranched alkanes of at least 4 members (excludes halogenated alkanes) is 6. The van der Waals surface area contributed by atoms with Gasteiger partial charge in [-0.15, -0.1) is 0 Å². The molecule has 0 saturated heterocycles. The van der Waals surface area contributed by atoms with Gasteiger partial charge in [0, 0.05) is 82.1 Å². The molecule has 0 aromatic heterocycles. The Hall–Kier alpha value is -5.33. The van der Waals surface area contributed by atoms with Crippen LogP contribution in [0.4, 0.5) is 10.1 Å². The van der Waals surface area contributed by atoms with E-state index in [1.165, 1.54) is 30.7 Å². The fourth-order valence-electron chi connectivity index (χ4n) is 6.16. The number of rotatable bonds is 23. The third kappa shape index (κ3) is 18.7. The minimum absolute atomic E-state index is 0.154. The van der Waals surface area contributed by atoms with Crippen LogP contribution in [0.5, 0.6) is 0 Å². The van der Waals surface area contributed by atoms with Crippen molar-refractivity contribution in [2.24, 2.45) is 0 Å². The summed E-state index contributed by atoms with van der Waals surface area (Å²) in [6.45, 7) is 18.0. The second-order valence-electron chi connectivity index (χ2n) is 15.0. The van der Waals surface area contributed by atoms with Gasteiger partial charge < -0.3 is 26.6 Å². The van der Waals surface area contributed by atoms with Crippen molar-refractivity contribution >= 4 is 47.7 Å². The van der Waals surface area contributed by atoms with E-state index >= 15 is 0 Å². The number of aldehydes is 1. The fourth-order valence-corrected chi connectivity index (χ4v) is 6.28. The Morgan fingerprint density at radius 2 is 1.48 bits per heavy atom. The zero-order chi connectivity index (χ0) is 44.5. The predicted octanol–water partition coefficient (Wildman–Crippen LogP) is 9.33. The minimum atomic E-state index is -0.255. The highest BCUT2D eigenvalue weighted by molar-refractivity contribution is 6.30. The van der Waals surface area contributed by atoms with Gasteiger partial charge in [-0.25, -0.2) is 4.39 Å². The van der Waals surface area contributed by atoms with Crippen molar-refractivity contribution in [1.82, 2.24) is 26.2 Å². The van der Waals surface area contributed by atoms with Crippen LogP contribution in [0.25, 0.3) is 0 Å². The number of nitrogens with zero attached hydrogens (tertiary/aromatic N) is 1. The van der Waals surface area contributed by atoms with E-state index in [-0.39, 0.29) is 29.6 Å². The summed E-state index contributed by atoms with van der Waals surface area (Å²) in [6.07, 6.45) is 11.1. The first-order valence-electron chi connectivity index (χ1n) is 20.8. The smallest absolute Gasteiger partial charge is 0.251 e. The number of amides is 4. The molecule has 0 radical (unpaired) electrons. The summed E-state index contributed by atoms with van der Waals surface area (Å²) in [5.41, 5.74) is 5.83. The standard InChI is InChI=1S/C38H52N6O5.C6H4ClF.C3H8/c1-26(2)43-35-21-31(20-33-34(35)22-41-38(33)49)37(48)40-18-12-10-8-6-7-9-11-17-39-36(47)29-15-16-30(24-45)32(19-29)23-44(5)28(4)14-13-27(3)42-25-46;7-5-1-3-6(8)4-2-5;1-3-2/h15-16,19-21,24-25,28,43H,1,3,6-14,17-18,22-23H2,2,4-5H3,(H,39,47)(H,40,48)(H,41,49)(H,42,46);1-4H;3H2,1-2H3. The topological polar surface area (TPSA) is 149 Å². The number of allylic oxidation sites excluding steroid dienone is 2. The molecule has 3 aromatic carbocycles. The number of fused-ring (bicyclic) bond motifs is 1. The Morgan fingerprint density at radius 1 is 0.900 bits per heavy atom. The van der Waals surface area contributed by atoms with Crippen LogP contribution in [-0.2, 0) is 17.9 Å². The first kappa shape index (κ1) is 50.8. The lowest BCUT2D eigenvalue weighted by Crippen LogP contribution is -2.30. The number of hydrogen-bond acceptors (Lipinski definition) is 7. The minimum Gasteiger partial charge on any atom is -0.359 e. The van der Waals surface area contributed by atoms with E-state index < -0.39 is 0 Å². The molecule has 0 aliphatic carbocycles. The molecule has 13 heteroatoms. The van der Waals surface area contributed by atoms with Gasteiger partial charge in [-0.2, -0.15) is 0 Å². The van der Waals surface area contributed by atoms with E-state index in [0.717, 1.165) is 80.2 Å². The van der Waals surface area contributed by atoms with Gasteiger partial charge in [0.1, 0.15) is 12.1 Å². The molecule has 3 aromatic rings. The molecule has 326 valence electrons. The van der Waals surface area contributed by atoms with Crippen LogP contribution in [0.15, 0.2) is 79.1 Å². The van der Waals surface area contributed by atoms with Crippen molar-refractivity contribution in [3.63, 3.8) is 0 Å². The lowest BCUT2D eigenvalue weighted by atomic mass is 10.0. The van der Waals surface area contributed by atoms with Gasteiger partial charge >= 0.3 is 0 Å². The molecule has 60 heavy (non-hydrogen) atoms. The van der Waals surface area contributed by atoms with Gasteiger partial charge in [-0.1, -0.05) is 83.2 Å². The second-order valence-corrected chi connectivity index (χ2v) is 15.4. The van der Waals surface area contributed by atoms with E-state index in [9.17, 15) is 28.4 Å². The Balaban J connectivity index is 0.000000981. The Bertz CT molecular complexity index is 1870. The Labute approximate surface area is 361 Å². The molecule has 1 unspecified atom stereocenters. The van der Waals surface area contributed by atoms with E-state index in [1.807, 2.05) is 14.0 Å². The van der Waals surface area contributed by atoms with E-state index in [2.05, 4.69) is 65.4 Å². The molecule has 0 bridgehead atoms. The molecule has 1 aliphatic heterocycles. The van der Waals surface area contributed by atoms with Crippen LogP contribution >= 0.6 is 11.6 Å². The third-order valence-electron chi connectivity index (χ3n) is 9.59. The average Bonchev–Trinajstić information content (AvgIpc) is 3.60. The molecule has 1 aliphatic rings. The second kappa shape index (κ2) is 28.2. The molecular weight excluding hydrogens is 783 g/mol. The van der Waals surface area contributed by atoms with Crippen molar-refractivity contribution in [3.8, 4) is 0 Å². The highest BCUT2D eigenvalue weighted by Crippen LogP contribution is 2.27. The number of anilines is 1. The first-order valence-corrected chi connectivity index (χ1v) is 21.1. The largest absolute Gasteiger partial charge is 0.359 e. The lowest BCUT2D eigenvalue weighted by Gasteiger charge is -2.25. The molecule has 1 heterocycles. The first-order chi connectivity index (χ1) is 28.7. The zero-order valence-corrected chi connectivity index (χ0v) is 36.7. The summed E-state index contributed by atoms with van der Waals surface area (Å²) < 4.78 is 12.0. The molecule has 5 N–H and O–H groups in total. The molecule has 1 atom stereocenters. The van der Waals surface area contributed by atoms with Crippen LogP contribution in [0.2, 0.25) is 5.02 Å². The molecule has 0 spiro atoms. The van der Waals surface area contributed by atoms with Crippen LogP contribution in [0, 0.1) is 5.82 Å². The molecule has 0 fully saturated rings. The van der Waals surface area contributed by atoms with Crippen molar-refractivity contribution in [2.45, 2.75) is 111 Å². The van der Waals surface area contributed by atoms with Gasteiger partial charge in [0.25, 0.3) is 17.7 Å². The van der Waals surface area contributed by atoms with E-state index in [1.54, 1.807) is 30.3 Å².